The van der Waals surface area contributed by atoms with Gasteiger partial charge in [-0.05, 0) is 84.7 Å². The van der Waals surface area contributed by atoms with E-state index in [2.05, 4.69) is 27.5 Å². The molecule has 0 radical (unpaired) electrons. The maximum atomic E-state index is 13.6. The standard InChI is InChI=1S/C28H52N4O8/c1-16-13-20(26(37)29-18-5-9-31(3)10-6-18)21(27(38)30-19-7-11-32(4)12-8-19)14-22(16)40-28(39)25(36)24(35)23(34)17(2)15-33/h16-25,28,33-36,39H,5-15H2,1-4H3,(H,29,37)(H,30,38)/t16?,17?,20?,21-,22+,23?,24?,25?,28?/m0/s1. The summed E-state index contributed by atoms with van der Waals surface area (Å²) in [6.07, 6.45) is -3.63. The number of ether oxygens (including phenoxy) is 1. The molecule has 2 saturated heterocycles. The van der Waals surface area contributed by atoms with Gasteiger partial charge in [-0.25, -0.2) is 0 Å². The molecule has 0 bridgehead atoms. The van der Waals surface area contributed by atoms with E-state index in [0.29, 0.717) is 6.42 Å². The summed E-state index contributed by atoms with van der Waals surface area (Å²) in [7, 11) is 4.11. The minimum atomic E-state index is -1.83. The fourth-order valence-corrected chi connectivity index (χ4v) is 6.13. The van der Waals surface area contributed by atoms with Crippen molar-refractivity contribution in [1.29, 1.82) is 0 Å². The summed E-state index contributed by atoms with van der Waals surface area (Å²) in [5.41, 5.74) is 0. The number of aliphatic hydroxyl groups is 5. The second kappa shape index (κ2) is 15.2. The lowest BCUT2D eigenvalue weighted by Gasteiger charge is -2.41. The Morgan fingerprint density at radius 1 is 0.800 bits per heavy atom. The van der Waals surface area contributed by atoms with Crippen LogP contribution in [0.4, 0.5) is 0 Å². The molecule has 12 heteroatoms. The van der Waals surface area contributed by atoms with E-state index in [0.717, 1.165) is 51.9 Å². The van der Waals surface area contributed by atoms with Gasteiger partial charge in [0.2, 0.25) is 11.8 Å². The highest BCUT2D eigenvalue weighted by molar-refractivity contribution is 5.88. The Balaban J connectivity index is 1.69. The molecule has 2 heterocycles. The molecule has 3 rings (SSSR count). The molecule has 40 heavy (non-hydrogen) atoms. The van der Waals surface area contributed by atoms with Gasteiger partial charge in [-0.1, -0.05) is 13.8 Å². The van der Waals surface area contributed by atoms with E-state index in [-0.39, 0.29) is 36.2 Å². The Morgan fingerprint density at radius 2 is 1.25 bits per heavy atom. The first-order chi connectivity index (χ1) is 18.9. The summed E-state index contributed by atoms with van der Waals surface area (Å²) in [6.45, 7) is 6.54. The van der Waals surface area contributed by atoms with Crippen LogP contribution in [0.5, 0.6) is 0 Å². The summed E-state index contributed by atoms with van der Waals surface area (Å²) in [6, 6.07) is 0.0920. The van der Waals surface area contributed by atoms with Crippen LogP contribution in [0.2, 0.25) is 0 Å². The predicted octanol–water partition coefficient (Wildman–Crippen LogP) is -1.52. The van der Waals surface area contributed by atoms with Crippen LogP contribution in [0.15, 0.2) is 0 Å². The van der Waals surface area contributed by atoms with Gasteiger partial charge in [0.15, 0.2) is 6.29 Å². The van der Waals surface area contributed by atoms with Crippen LogP contribution in [-0.2, 0) is 14.3 Å². The van der Waals surface area contributed by atoms with E-state index < -0.39 is 55.1 Å². The maximum absolute atomic E-state index is 13.6. The topological polar surface area (TPSA) is 175 Å². The molecule has 0 aromatic heterocycles. The molecule has 2 amide bonds. The van der Waals surface area contributed by atoms with E-state index in [4.69, 9.17) is 4.74 Å². The van der Waals surface area contributed by atoms with Crippen molar-refractivity contribution in [2.24, 2.45) is 23.7 Å². The summed E-state index contributed by atoms with van der Waals surface area (Å²) >= 11 is 0. The van der Waals surface area contributed by atoms with Gasteiger partial charge in [0.05, 0.1) is 18.1 Å². The second-order valence-corrected chi connectivity index (χ2v) is 12.5. The number of aliphatic hydroxyl groups excluding tert-OH is 5. The number of piperidine rings is 2. The number of amides is 2. The van der Waals surface area contributed by atoms with Gasteiger partial charge in [0, 0.05) is 30.5 Å². The zero-order chi connectivity index (χ0) is 29.6. The number of carbonyl (C=O) groups excluding carboxylic acids is 2. The Labute approximate surface area is 238 Å². The third-order valence-electron chi connectivity index (χ3n) is 9.21. The SMILES string of the molecule is CC(CO)C(O)C(O)C(O)C(O)O[C@@H]1C[C@H](C(=O)NC2CCN(C)CC2)C(C(=O)NC2CCN(C)CC2)CC1C. The van der Waals surface area contributed by atoms with Gasteiger partial charge < -0.3 is 50.7 Å². The summed E-state index contributed by atoms with van der Waals surface area (Å²) < 4.78 is 5.77. The summed E-state index contributed by atoms with van der Waals surface area (Å²) in [5.74, 6) is -2.52. The second-order valence-electron chi connectivity index (χ2n) is 12.5. The molecular weight excluding hydrogens is 520 g/mol. The van der Waals surface area contributed by atoms with Gasteiger partial charge >= 0.3 is 0 Å². The van der Waals surface area contributed by atoms with Crippen LogP contribution >= 0.6 is 0 Å². The Kier molecular flexibility index (Phi) is 12.6. The van der Waals surface area contributed by atoms with Crippen LogP contribution in [0, 0.1) is 23.7 Å². The Morgan fingerprint density at radius 3 is 1.70 bits per heavy atom. The number of hydrogen-bond acceptors (Lipinski definition) is 10. The molecule has 1 saturated carbocycles. The van der Waals surface area contributed by atoms with Crippen LogP contribution in [0.1, 0.15) is 52.4 Å². The van der Waals surface area contributed by atoms with Crippen molar-refractivity contribution in [3.63, 3.8) is 0 Å². The molecule has 0 spiro atoms. The van der Waals surface area contributed by atoms with Crippen LogP contribution in [-0.4, -0.2) is 137 Å². The van der Waals surface area contributed by atoms with Crippen molar-refractivity contribution in [1.82, 2.24) is 20.4 Å². The minimum absolute atomic E-state index is 0.0255. The quantitative estimate of drug-likeness (QED) is 0.144. The molecule has 1 aliphatic carbocycles. The van der Waals surface area contributed by atoms with Crippen molar-refractivity contribution < 1.29 is 39.9 Å². The third-order valence-corrected chi connectivity index (χ3v) is 9.21. The zero-order valence-corrected chi connectivity index (χ0v) is 24.5. The number of rotatable bonds is 11. The normalized spacial score (nSPS) is 31.6. The molecule has 7 N–H and O–H groups in total. The van der Waals surface area contributed by atoms with Gasteiger partial charge in [-0.3, -0.25) is 9.59 Å². The zero-order valence-electron chi connectivity index (χ0n) is 24.5. The van der Waals surface area contributed by atoms with E-state index >= 15 is 0 Å². The van der Waals surface area contributed by atoms with Crippen molar-refractivity contribution in [2.45, 2.75) is 95.2 Å². The Hall–Kier alpha value is -1.38. The summed E-state index contributed by atoms with van der Waals surface area (Å²) in [5, 5.41) is 57.1. The molecule has 232 valence electrons. The van der Waals surface area contributed by atoms with Gasteiger partial charge in [0.25, 0.3) is 0 Å². The molecule has 3 aliphatic rings. The third kappa shape index (κ3) is 8.81. The highest BCUT2D eigenvalue weighted by Crippen LogP contribution is 2.37. The molecule has 3 fully saturated rings. The molecule has 2 aliphatic heterocycles. The molecule has 7 unspecified atom stereocenters. The van der Waals surface area contributed by atoms with Gasteiger partial charge in [-0.2, -0.15) is 0 Å². The average molecular weight is 573 g/mol. The van der Waals surface area contributed by atoms with Gasteiger partial charge in [-0.15, -0.1) is 0 Å². The molecule has 9 atom stereocenters. The van der Waals surface area contributed by atoms with Crippen molar-refractivity contribution in [2.75, 3.05) is 46.9 Å². The van der Waals surface area contributed by atoms with E-state index in [1.54, 1.807) is 0 Å². The number of hydrogen-bond donors (Lipinski definition) is 7. The largest absolute Gasteiger partial charge is 0.396 e. The first kappa shape index (κ1) is 33.1. The fraction of sp³-hybridized carbons (Fsp3) is 0.929. The molecule has 12 nitrogen and oxygen atoms in total. The first-order valence-corrected chi connectivity index (χ1v) is 14.9. The van der Waals surface area contributed by atoms with E-state index in [1.807, 2.05) is 14.0 Å². The molecule has 0 aromatic carbocycles. The fourth-order valence-electron chi connectivity index (χ4n) is 6.13. The molecule has 0 aromatic rings. The highest BCUT2D eigenvalue weighted by Gasteiger charge is 2.45. The number of nitrogens with one attached hydrogen (secondary N) is 2. The summed E-state index contributed by atoms with van der Waals surface area (Å²) in [4.78, 5) is 31.6. The number of nitrogens with zero attached hydrogens (tertiary/aromatic N) is 2. The van der Waals surface area contributed by atoms with Crippen LogP contribution < -0.4 is 10.6 Å². The van der Waals surface area contributed by atoms with Gasteiger partial charge in [0.1, 0.15) is 12.2 Å². The first-order valence-electron chi connectivity index (χ1n) is 14.9. The predicted molar refractivity (Wildman–Crippen MR) is 148 cm³/mol. The lowest BCUT2D eigenvalue weighted by Crippen LogP contribution is -2.55. The Bertz CT molecular complexity index is 805. The lowest BCUT2D eigenvalue weighted by molar-refractivity contribution is -0.237. The van der Waals surface area contributed by atoms with Crippen molar-refractivity contribution in [3.05, 3.63) is 0 Å². The van der Waals surface area contributed by atoms with Crippen molar-refractivity contribution in [3.8, 4) is 0 Å². The van der Waals surface area contributed by atoms with E-state index in [1.165, 1.54) is 6.92 Å². The monoisotopic (exact) mass is 572 g/mol. The van der Waals surface area contributed by atoms with E-state index in [9.17, 15) is 35.1 Å². The maximum Gasteiger partial charge on any atom is 0.224 e. The number of carbonyl (C=O) groups is 2. The minimum Gasteiger partial charge on any atom is -0.396 e. The van der Waals surface area contributed by atoms with Crippen LogP contribution in [0.3, 0.4) is 0 Å². The molecular formula is C28H52N4O8. The lowest BCUT2D eigenvalue weighted by atomic mass is 9.71. The highest BCUT2D eigenvalue weighted by atomic mass is 16.6. The van der Waals surface area contributed by atoms with Crippen LogP contribution in [0.25, 0.3) is 0 Å². The van der Waals surface area contributed by atoms with Crippen molar-refractivity contribution >= 4 is 11.8 Å². The smallest absolute Gasteiger partial charge is 0.224 e. The number of likely N-dealkylation sites (tertiary alicyclic amines) is 2. The average Bonchev–Trinajstić information content (AvgIpc) is 2.94.